The molecule has 1 heterocycles. The summed E-state index contributed by atoms with van der Waals surface area (Å²) < 4.78 is 0. The highest BCUT2D eigenvalue weighted by atomic mass is 16.4. The fourth-order valence-electron chi connectivity index (χ4n) is 12.6. The zero-order valence-corrected chi connectivity index (χ0v) is 79.3. The maximum absolute atomic E-state index is 14.7. The number of benzene rings is 1. The number of nitrogens with one attached hydrogen (secondary N) is 24. The van der Waals surface area contributed by atoms with E-state index >= 15 is 0 Å². The Kier molecular flexibility index (Phi) is 54.6. The van der Waals surface area contributed by atoms with Crippen molar-refractivity contribution in [3.05, 3.63) is 54.1 Å². The summed E-state index contributed by atoms with van der Waals surface area (Å²) in [5, 5.41) is 83.6. The second kappa shape index (κ2) is 63.5. The number of primary amides is 3. The Morgan fingerprint density at radius 2 is 0.695 bits per heavy atom. The van der Waals surface area contributed by atoms with Gasteiger partial charge in [-0.25, -0.2) is 4.98 Å². The summed E-state index contributed by atoms with van der Waals surface area (Å²) in [6.45, 7) is 7.37. The number of hydrogen-bond donors (Lipinski definition) is 33. The molecule has 0 aliphatic rings. The number of carboxylic acid groups (broad SMARTS) is 2. The largest absolute Gasteiger partial charge is 0.481 e. The predicted octanol–water partition coefficient (Wildman–Crippen LogP) is -14.0. The highest BCUT2D eigenvalue weighted by molar-refractivity contribution is 6.02. The second-order valence-electron chi connectivity index (χ2n) is 33.0. The number of amides is 22. The lowest BCUT2D eigenvalue weighted by molar-refractivity contribution is -0.142. The van der Waals surface area contributed by atoms with E-state index in [0.29, 0.717) is 12.0 Å². The molecule has 0 aliphatic heterocycles. The van der Waals surface area contributed by atoms with Gasteiger partial charge in [0.25, 0.3) is 0 Å². The van der Waals surface area contributed by atoms with Gasteiger partial charge in [0.1, 0.15) is 90.6 Å². The Balaban J connectivity index is 2.44. The van der Waals surface area contributed by atoms with Gasteiger partial charge in [-0.05, 0) is 124 Å². The van der Waals surface area contributed by atoms with Crippen molar-refractivity contribution in [3.8, 4) is 0 Å². The third-order valence-electron chi connectivity index (χ3n) is 20.5. The fraction of sp³-hybridized carbons (Fsp3) is 0.578. The standard InChI is InChI=1S/C83H134N32O26/c1-39(2)65(115-77(136)53(23-26-59(88)118)109-75(134)51(21-24-57(86)116)111-79(138)55(31-47-33-93-38-100-47)112-70(129)44(7)104-73(132)50(18-12-13-27-84)108-74(133)49(20-15-29-95-83(91)92)106-63(122)37-97-67(126)41(4)103-66(125)40(3)85)80(139)114-54(30-46-16-10-9-11-17-46)78(137)110-52(22-25-58(87)117)76(135)113-56(32-64(123)124)72(131)98-34-60(119)96-35-61(120)102-43(6)69(128)107-48(19-14-28-94-82(89)90)71(130)99-36-62(121)101-42(5)68(127)105-45(8)81(140)141/h9-11,16-17,33,38-45,48-56,65H,12-15,18-32,34-37,84-85H2,1-8H3,(H2,86,116)(H2,87,117)(H2,88,118)(H,93,100)(H,96,119)(H,97,126)(H,98,131)(H,99,130)(H,101,121)(H,102,120)(H,103,125)(H,104,132)(H,105,127)(H,106,122)(H,107,128)(H,108,133)(H,109,134)(H,110,137)(H,111,138)(H,112,129)(H,113,135)(H,114,139)(H,115,136)(H,123,124)(H,140,141)(H4,89,90,94)(H4,91,92,95)/t40-,41-,42-,43-,44-,45-,48-,49-,50-,51-,52-,53-,54-,55-,56-,65-/m0/s1. The van der Waals surface area contributed by atoms with Crippen molar-refractivity contribution in [1.29, 1.82) is 10.8 Å². The lowest BCUT2D eigenvalue weighted by Crippen LogP contribution is -2.61. The van der Waals surface area contributed by atoms with Crippen LogP contribution in [0.15, 0.2) is 42.9 Å². The maximum Gasteiger partial charge on any atom is 0.325 e. The fourth-order valence-corrected chi connectivity index (χ4v) is 12.6. The number of carbonyl (C=O) groups is 24. The molecule has 0 radical (unpaired) electrons. The van der Waals surface area contributed by atoms with E-state index in [1.165, 1.54) is 80.0 Å². The first-order valence-electron chi connectivity index (χ1n) is 44.8. The zero-order chi connectivity index (χ0) is 106. The van der Waals surface area contributed by atoms with Crippen LogP contribution in [0.1, 0.15) is 157 Å². The number of guanidine groups is 2. The summed E-state index contributed by atoms with van der Waals surface area (Å²) >= 11 is 0. The molecule has 0 bridgehead atoms. The van der Waals surface area contributed by atoms with Gasteiger partial charge >= 0.3 is 11.9 Å². The molecular formula is C83H134N32O26. The molecule has 782 valence electrons. The van der Waals surface area contributed by atoms with E-state index in [1.54, 1.807) is 18.2 Å². The summed E-state index contributed by atoms with van der Waals surface area (Å²) in [7, 11) is 0. The van der Waals surface area contributed by atoms with Crippen molar-refractivity contribution in [2.45, 2.75) is 255 Å². The number of rotatable bonds is 67. The average molecular weight is 2000 g/mol. The molecule has 2 aromatic rings. The Morgan fingerprint density at radius 3 is 1.13 bits per heavy atom. The Labute approximate surface area is 809 Å². The molecule has 2 rings (SSSR count). The Morgan fingerprint density at radius 1 is 0.348 bits per heavy atom. The summed E-state index contributed by atoms with van der Waals surface area (Å²) in [5.41, 5.74) is 39.1. The number of unbranched alkanes of at least 4 members (excludes halogenated alkanes) is 1. The SMILES string of the molecule is CC(C)[C@H](NC(=O)[C@H](CCC(N)=O)NC(=O)[C@H](CCC(N)=O)NC(=O)[C@H](Cc1c[nH]cn1)NC(=O)[C@H](C)NC(=O)[C@H](CCCCN)NC(=O)[C@H](CCCNC(=N)N)NC(=O)CNC(=O)[C@H](C)NC(=O)[C@H](C)N)C(=O)N[C@@H](Cc1ccccc1)C(=O)N[C@@H](CCC(N)=O)C(=O)N[C@@H](CC(=O)O)C(=O)NCC(=O)NCC(=O)N[C@@H](C)C(=O)N[C@@H](CCCNC(=N)N)C(=O)NCC(=O)N[C@@H](C)C(=O)N[C@@H](C)C(=O)O. The first-order valence-corrected chi connectivity index (χ1v) is 44.8. The third-order valence-corrected chi connectivity index (χ3v) is 20.5. The van der Waals surface area contributed by atoms with Crippen molar-refractivity contribution in [2.24, 2.45) is 46.1 Å². The number of H-pyrrole nitrogens is 1. The summed E-state index contributed by atoms with van der Waals surface area (Å²) in [6.07, 6.45) is -2.82. The Bertz CT molecular complexity index is 4700. The van der Waals surface area contributed by atoms with E-state index in [4.69, 9.17) is 56.1 Å². The number of imidazole rings is 1. The molecule has 141 heavy (non-hydrogen) atoms. The van der Waals surface area contributed by atoms with Crippen LogP contribution in [0.2, 0.25) is 0 Å². The molecule has 40 N–H and O–H groups in total. The molecule has 0 saturated carbocycles. The lowest BCUT2D eigenvalue weighted by atomic mass is 9.99. The highest BCUT2D eigenvalue weighted by Crippen LogP contribution is 2.14. The number of nitrogens with zero attached hydrogens (tertiary/aromatic N) is 1. The van der Waals surface area contributed by atoms with E-state index in [2.05, 4.69) is 122 Å². The van der Waals surface area contributed by atoms with E-state index in [-0.39, 0.29) is 63.9 Å². The van der Waals surface area contributed by atoms with Crippen LogP contribution in [-0.4, -0.2) is 316 Å². The van der Waals surface area contributed by atoms with Crippen LogP contribution in [0.4, 0.5) is 0 Å². The number of nitrogens with two attached hydrogens (primary N) is 7. The molecule has 0 saturated heterocycles. The number of hydrogen-bond acceptors (Lipinski definition) is 29. The van der Waals surface area contributed by atoms with Gasteiger partial charge in [0.15, 0.2) is 11.9 Å². The maximum atomic E-state index is 14.7. The number of aromatic amines is 1. The van der Waals surface area contributed by atoms with Crippen LogP contribution in [0.5, 0.6) is 0 Å². The van der Waals surface area contributed by atoms with E-state index in [9.17, 15) is 120 Å². The smallest absolute Gasteiger partial charge is 0.325 e. The van der Waals surface area contributed by atoms with Crippen molar-refractivity contribution < 1.29 is 125 Å². The average Bonchev–Trinajstić information content (AvgIpc) is 1.81. The molecule has 1 aromatic carbocycles. The topological polar surface area (TPSA) is 961 Å². The number of carboxylic acids is 2. The van der Waals surface area contributed by atoms with Crippen molar-refractivity contribution in [2.75, 3.05) is 45.8 Å². The minimum Gasteiger partial charge on any atom is -0.481 e. The number of aromatic nitrogens is 2. The molecule has 22 amide bonds. The van der Waals surface area contributed by atoms with Crippen LogP contribution >= 0.6 is 0 Å². The van der Waals surface area contributed by atoms with Gasteiger partial charge < -0.3 is 167 Å². The molecule has 58 heteroatoms. The first-order chi connectivity index (χ1) is 66.2. The molecule has 0 aliphatic carbocycles. The van der Waals surface area contributed by atoms with Crippen molar-refractivity contribution in [3.63, 3.8) is 0 Å². The van der Waals surface area contributed by atoms with Crippen LogP contribution in [-0.2, 0) is 128 Å². The summed E-state index contributed by atoms with van der Waals surface area (Å²) in [5.74, 6) is -27.4. The number of carbonyl (C=O) groups excluding carboxylic acids is 22. The van der Waals surface area contributed by atoms with E-state index < -0.39 is 340 Å². The van der Waals surface area contributed by atoms with E-state index in [1.807, 2.05) is 0 Å². The van der Waals surface area contributed by atoms with Gasteiger partial charge in [0.2, 0.25) is 130 Å². The predicted molar refractivity (Wildman–Crippen MR) is 497 cm³/mol. The zero-order valence-electron chi connectivity index (χ0n) is 79.3. The monoisotopic (exact) mass is 2000 g/mol. The minimum absolute atomic E-state index is 0.0409. The molecule has 0 spiro atoms. The van der Waals surface area contributed by atoms with Crippen LogP contribution < -0.4 is 152 Å². The van der Waals surface area contributed by atoms with Gasteiger partial charge in [-0.3, -0.25) is 126 Å². The normalized spacial score (nSPS) is 14.2. The molecule has 0 unspecified atom stereocenters. The number of aliphatic carboxylic acids is 2. The van der Waals surface area contributed by atoms with Crippen molar-refractivity contribution in [1.82, 2.24) is 122 Å². The highest BCUT2D eigenvalue weighted by Gasteiger charge is 2.39. The minimum atomic E-state index is -2.07. The van der Waals surface area contributed by atoms with Crippen LogP contribution in [0, 0.1) is 16.7 Å². The second-order valence-corrected chi connectivity index (χ2v) is 33.0. The van der Waals surface area contributed by atoms with Crippen LogP contribution in [0.3, 0.4) is 0 Å². The van der Waals surface area contributed by atoms with E-state index in [0.717, 1.165) is 0 Å². The molecule has 16 atom stereocenters. The summed E-state index contributed by atoms with van der Waals surface area (Å²) in [6, 6.07) is -16.9. The van der Waals surface area contributed by atoms with Crippen molar-refractivity contribution >= 4 is 154 Å². The quantitative estimate of drug-likeness (QED) is 0.0166. The Hall–Kier alpha value is -15.8. The van der Waals surface area contributed by atoms with Gasteiger partial charge in [-0.15, -0.1) is 0 Å². The third kappa shape index (κ3) is 49.7. The molecule has 0 fully saturated rings. The van der Waals surface area contributed by atoms with Gasteiger partial charge in [0, 0.05) is 51.4 Å². The first kappa shape index (κ1) is 121. The molecular weight excluding hydrogens is 1860 g/mol. The van der Waals surface area contributed by atoms with Crippen LogP contribution in [0.25, 0.3) is 0 Å². The molecule has 58 nitrogen and oxygen atoms in total. The van der Waals surface area contributed by atoms with Gasteiger partial charge in [0.05, 0.1) is 50.7 Å². The summed E-state index contributed by atoms with van der Waals surface area (Å²) in [4.78, 5) is 327. The lowest BCUT2D eigenvalue weighted by Gasteiger charge is -2.29. The van der Waals surface area contributed by atoms with Gasteiger partial charge in [-0.1, -0.05) is 44.2 Å². The molecule has 1 aromatic heterocycles. The van der Waals surface area contributed by atoms with Gasteiger partial charge in [-0.2, -0.15) is 0 Å².